The molecule has 1 N–H and O–H groups in total. The van der Waals surface area contributed by atoms with Crippen LogP contribution in [0.4, 0.5) is 10.5 Å². The SMILES string of the molecule is O=C([C@H]1CCCN1C(=O)Nc1ccccc1)N1CCc2ccccc2C1. The zero-order valence-electron chi connectivity index (χ0n) is 14.7. The molecule has 0 unspecified atom stereocenters. The van der Waals surface area contributed by atoms with E-state index in [-0.39, 0.29) is 18.0 Å². The monoisotopic (exact) mass is 349 g/mol. The molecule has 1 atom stereocenters. The molecule has 5 heteroatoms. The van der Waals surface area contributed by atoms with Crippen molar-refractivity contribution in [1.82, 2.24) is 9.80 Å². The van der Waals surface area contributed by atoms with Gasteiger partial charge in [-0.3, -0.25) is 4.79 Å². The molecule has 0 bridgehead atoms. The molecule has 2 aromatic carbocycles. The van der Waals surface area contributed by atoms with E-state index in [1.807, 2.05) is 47.4 Å². The fourth-order valence-corrected chi connectivity index (χ4v) is 3.88. The maximum absolute atomic E-state index is 13.1. The summed E-state index contributed by atoms with van der Waals surface area (Å²) in [5.41, 5.74) is 3.29. The van der Waals surface area contributed by atoms with Crippen molar-refractivity contribution >= 4 is 17.6 Å². The average Bonchev–Trinajstić information content (AvgIpc) is 3.18. The summed E-state index contributed by atoms with van der Waals surface area (Å²) in [7, 11) is 0. The predicted octanol–water partition coefficient (Wildman–Crippen LogP) is 3.27. The molecular weight excluding hydrogens is 326 g/mol. The van der Waals surface area contributed by atoms with Gasteiger partial charge in [0.05, 0.1) is 0 Å². The molecule has 3 amide bonds. The summed E-state index contributed by atoms with van der Waals surface area (Å²) in [6.45, 7) is 1.99. The molecule has 4 rings (SSSR count). The van der Waals surface area contributed by atoms with Crippen LogP contribution in [-0.4, -0.2) is 40.9 Å². The van der Waals surface area contributed by atoms with Crippen molar-refractivity contribution in [2.75, 3.05) is 18.4 Å². The van der Waals surface area contributed by atoms with Crippen molar-refractivity contribution in [3.05, 3.63) is 65.7 Å². The zero-order valence-corrected chi connectivity index (χ0v) is 14.7. The van der Waals surface area contributed by atoms with Crippen LogP contribution in [0.15, 0.2) is 54.6 Å². The topological polar surface area (TPSA) is 52.7 Å². The Hall–Kier alpha value is -2.82. The van der Waals surface area contributed by atoms with E-state index in [0.29, 0.717) is 13.1 Å². The molecule has 2 aliphatic heterocycles. The number of hydrogen-bond donors (Lipinski definition) is 1. The van der Waals surface area contributed by atoms with Gasteiger partial charge in [0.15, 0.2) is 0 Å². The van der Waals surface area contributed by atoms with E-state index in [1.165, 1.54) is 11.1 Å². The number of nitrogens with zero attached hydrogens (tertiary/aromatic N) is 2. The maximum Gasteiger partial charge on any atom is 0.322 e. The summed E-state index contributed by atoms with van der Waals surface area (Å²) in [5, 5.41) is 2.90. The number of amides is 3. The van der Waals surface area contributed by atoms with Crippen LogP contribution in [0.3, 0.4) is 0 Å². The normalized spacial score (nSPS) is 19.2. The van der Waals surface area contributed by atoms with Crippen LogP contribution in [0.1, 0.15) is 24.0 Å². The molecule has 26 heavy (non-hydrogen) atoms. The van der Waals surface area contributed by atoms with Crippen molar-refractivity contribution in [1.29, 1.82) is 0 Å². The molecule has 1 fully saturated rings. The first-order chi connectivity index (χ1) is 12.7. The number of rotatable bonds is 2. The van der Waals surface area contributed by atoms with Crippen molar-refractivity contribution in [2.45, 2.75) is 31.8 Å². The Bertz CT molecular complexity index is 806. The Morgan fingerprint density at radius 1 is 0.923 bits per heavy atom. The molecule has 2 aromatic rings. The lowest BCUT2D eigenvalue weighted by molar-refractivity contribution is -0.136. The number of fused-ring (bicyclic) bond motifs is 1. The van der Waals surface area contributed by atoms with Crippen LogP contribution >= 0.6 is 0 Å². The van der Waals surface area contributed by atoms with Crippen molar-refractivity contribution in [3.63, 3.8) is 0 Å². The second-order valence-corrected chi connectivity index (χ2v) is 6.93. The molecule has 0 spiro atoms. The van der Waals surface area contributed by atoms with Gasteiger partial charge in [0, 0.05) is 25.3 Å². The lowest BCUT2D eigenvalue weighted by atomic mass is 9.99. The smallest absolute Gasteiger partial charge is 0.322 e. The highest BCUT2D eigenvalue weighted by Crippen LogP contribution is 2.24. The van der Waals surface area contributed by atoms with Crippen molar-refractivity contribution in [3.8, 4) is 0 Å². The predicted molar refractivity (Wildman–Crippen MR) is 101 cm³/mol. The first kappa shape index (κ1) is 16.6. The number of anilines is 1. The summed E-state index contributed by atoms with van der Waals surface area (Å²) in [5.74, 6) is 0.0696. The van der Waals surface area contributed by atoms with Gasteiger partial charge in [-0.05, 0) is 42.5 Å². The number of urea groups is 1. The second-order valence-electron chi connectivity index (χ2n) is 6.93. The molecule has 0 saturated carbocycles. The fraction of sp³-hybridized carbons (Fsp3) is 0.333. The van der Waals surface area contributed by atoms with Gasteiger partial charge in [-0.1, -0.05) is 42.5 Å². The molecule has 134 valence electrons. The van der Waals surface area contributed by atoms with Crippen LogP contribution in [0, 0.1) is 0 Å². The Labute approximate surface area is 153 Å². The highest BCUT2D eigenvalue weighted by Gasteiger charge is 2.37. The van der Waals surface area contributed by atoms with Gasteiger partial charge in [-0.25, -0.2) is 4.79 Å². The second kappa shape index (κ2) is 7.20. The lowest BCUT2D eigenvalue weighted by Gasteiger charge is -2.33. The number of para-hydroxylation sites is 1. The van der Waals surface area contributed by atoms with E-state index >= 15 is 0 Å². The van der Waals surface area contributed by atoms with E-state index < -0.39 is 0 Å². The molecule has 2 aliphatic rings. The molecule has 0 aromatic heterocycles. The number of carbonyl (C=O) groups is 2. The Morgan fingerprint density at radius 2 is 1.65 bits per heavy atom. The van der Waals surface area contributed by atoms with Gasteiger partial charge >= 0.3 is 6.03 Å². The number of hydrogen-bond acceptors (Lipinski definition) is 2. The summed E-state index contributed by atoms with van der Waals surface area (Å²) < 4.78 is 0. The highest BCUT2D eigenvalue weighted by atomic mass is 16.2. The molecular formula is C21H23N3O2. The Morgan fingerprint density at radius 3 is 2.46 bits per heavy atom. The third-order valence-electron chi connectivity index (χ3n) is 5.27. The van der Waals surface area contributed by atoms with Gasteiger partial charge in [0.1, 0.15) is 6.04 Å². The summed E-state index contributed by atoms with van der Waals surface area (Å²) in [6.07, 6.45) is 2.48. The van der Waals surface area contributed by atoms with Crippen molar-refractivity contribution in [2.24, 2.45) is 0 Å². The van der Waals surface area contributed by atoms with Crippen molar-refractivity contribution < 1.29 is 9.59 Å². The van der Waals surface area contributed by atoms with Gasteiger partial charge in [-0.15, -0.1) is 0 Å². The standard InChI is InChI=1S/C21H23N3O2/c25-20(23-14-12-16-7-4-5-8-17(16)15-23)19-11-6-13-24(19)21(26)22-18-9-2-1-3-10-18/h1-5,7-10,19H,6,11-15H2,(H,22,26)/t19-/m1/s1. The van der Waals surface area contributed by atoms with Crippen LogP contribution in [-0.2, 0) is 17.8 Å². The van der Waals surface area contributed by atoms with Crippen LogP contribution in [0.5, 0.6) is 0 Å². The molecule has 1 saturated heterocycles. The summed E-state index contributed by atoms with van der Waals surface area (Å²) >= 11 is 0. The quantitative estimate of drug-likeness (QED) is 0.905. The minimum Gasteiger partial charge on any atom is -0.336 e. The summed E-state index contributed by atoms with van der Waals surface area (Å²) in [6, 6.07) is 17.1. The van der Waals surface area contributed by atoms with Crippen LogP contribution in [0.25, 0.3) is 0 Å². The minimum absolute atomic E-state index is 0.0696. The van der Waals surface area contributed by atoms with E-state index in [0.717, 1.165) is 31.5 Å². The van der Waals surface area contributed by atoms with Crippen LogP contribution < -0.4 is 5.32 Å². The van der Waals surface area contributed by atoms with E-state index in [1.54, 1.807) is 4.90 Å². The van der Waals surface area contributed by atoms with Crippen LogP contribution in [0.2, 0.25) is 0 Å². The molecule has 0 aliphatic carbocycles. The number of likely N-dealkylation sites (tertiary alicyclic amines) is 1. The molecule has 2 heterocycles. The zero-order chi connectivity index (χ0) is 17.9. The fourth-order valence-electron chi connectivity index (χ4n) is 3.88. The first-order valence-corrected chi connectivity index (χ1v) is 9.20. The third-order valence-corrected chi connectivity index (χ3v) is 5.27. The number of nitrogens with one attached hydrogen (secondary N) is 1. The summed E-state index contributed by atoms with van der Waals surface area (Å²) in [4.78, 5) is 29.3. The lowest BCUT2D eigenvalue weighted by Crippen LogP contribution is -2.50. The highest BCUT2D eigenvalue weighted by molar-refractivity contribution is 5.94. The molecule has 0 radical (unpaired) electrons. The van der Waals surface area contributed by atoms with Gasteiger partial charge in [0.2, 0.25) is 5.91 Å². The van der Waals surface area contributed by atoms with Gasteiger partial charge in [0.25, 0.3) is 0 Å². The number of carbonyl (C=O) groups excluding carboxylic acids is 2. The number of benzene rings is 2. The van der Waals surface area contributed by atoms with E-state index in [4.69, 9.17) is 0 Å². The van der Waals surface area contributed by atoms with Gasteiger partial charge in [-0.2, -0.15) is 0 Å². The Balaban J connectivity index is 1.45. The van der Waals surface area contributed by atoms with E-state index in [2.05, 4.69) is 17.4 Å². The minimum atomic E-state index is -0.357. The average molecular weight is 349 g/mol. The molecule has 5 nitrogen and oxygen atoms in total. The first-order valence-electron chi connectivity index (χ1n) is 9.20. The van der Waals surface area contributed by atoms with Gasteiger partial charge < -0.3 is 15.1 Å². The largest absolute Gasteiger partial charge is 0.336 e. The Kier molecular flexibility index (Phi) is 4.61. The van der Waals surface area contributed by atoms with E-state index in [9.17, 15) is 9.59 Å². The third kappa shape index (κ3) is 3.29. The maximum atomic E-state index is 13.1.